The third kappa shape index (κ3) is 5.00. The first-order valence-corrected chi connectivity index (χ1v) is 6.57. The van der Waals surface area contributed by atoms with E-state index in [1.165, 1.54) is 38.6 Å². The molecule has 0 aliphatic carbocycles. The molecule has 0 fully saturated rings. The van der Waals surface area contributed by atoms with Crippen molar-refractivity contribution in [2.45, 2.75) is 13.6 Å². The number of hydrogen-bond donors (Lipinski definition) is 0. The van der Waals surface area contributed by atoms with Crippen LogP contribution in [0.3, 0.4) is 0 Å². The number of alkyl halides is 3. The van der Waals surface area contributed by atoms with Gasteiger partial charge in [0.1, 0.15) is 12.0 Å². The molecular formula is C16H17F3N2O4. The average molecular weight is 358 g/mol. The number of nitrogens with zero attached hydrogens (tertiary/aromatic N) is 2. The molecule has 6 nitrogen and oxygen atoms in total. The maximum absolute atomic E-state index is 12.6. The van der Waals surface area contributed by atoms with Crippen LogP contribution in [0.1, 0.15) is 13.1 Å². The summed E-state index contributed by atoms with van der Waals surface area (Å²) in [6.45, 7) is 0. The minimum absolute atomic E-state index is 0. The Morgan fingerprint density at radius 3 is 2.52 bits per heavy atom. The van der Waals surface area contributed by atoms with Crippen LogP contribution in [0.5, 0.6) is 5.75 Å². The third-order valence-corrected chi connectivity index (χ3v) is 2.80. The standard InChI is InChI=1S/C15H13F3N2O4.CH4/c1-22-9-12(14(21)23-2)24-11-5-3-4-10(8-11)20-7-6-13(19-20)15(16,17)18;/h3-9H,1-2H3;1H4/b12-9-;. The van der Waals surface area contributed by atoms with Crippen LogP contribution in [0.25, 0.3) is 5.69 Å². The van der Waals surface area contributed by atoms with E-state index in [1.807, 2.05) is 0 Å². The Morgan fingerprint density at radius 1 is 1.24 bits per heavy atom. The molecule has 0 aliphatic heterocycles. The molecule has 0 saturated carbocycles. The summed E-state index contributed by atoms with van der Waals surface area (Å²) in [7, 11) is 2.50. The van der Waals surface area contributed by atoms with Gasteiger partial charge in [-0.05, 0) is 18.2 Å². The van der Waals surface area contributed by atoms with Gasteiger partial charge < -0.3 is 14.2 Å². The number of benzene rings is 1. The number of esters is 1. The van der Waals surface area contributed by atoms with E-state index in [9.17, 15) is 18.0 Å². The predicted molar refractivity (Wildman–Crippen MR) is 83.0 cm³/mol. The number of ether oxygens (including phenoxy) is 3. The minimum atomic E-state index is -4.53. The molecule has 0 atom stereocenters. The van der Waals surface area contributed by atoms with Crippen molar-refractivity contribution in [3.63, 3.8) is 0 Å². The van der Waals surface area contributed by atoms with Crippen LogP contribution >= 0.6 is 0 Å². The largest absolute Gasteiger partial charge is 0.500 e. The number of carbonyl (C=O) groups excluding carboxylic acids is 1. The van der Waals surface area contributed by atoms with Gasteiger partial charge in [-0.2, -0.15) is 18.3 Å². The van der Waals surface area contributed by atoms with Crippen LogP contribution in [-0.2, 0) is 20.4 Å². The van der Waals surface area contributed by atoms with E-state index in [0.29, 0.717) is 5.69 Å². The van der Waals surface area contributed by atoms with Crippen LogP contribution < -0.4 is 4.74 Å². The van der Waals surface area contributed by atoms with E-state index in [4.69, 9.17) is 9.47 Å². The summed E-state index contributed by atoms with van der Waals surface area (Å²) in [4.78, 5) is 11.5. The highest BCUT2D eigenvalue weighted by Gasteiger charge is 2.33. The van der Waals surface area contributed by atoms with Gasteiger partial charge in [0.25, 0.3) is 0 Å². The zero-order chi connectivity index (χ0) is 17.7. The molecule has 0 spiro atoms. The lowest BCUT2D eigenvalue weighted by Gasteiger charge is -2.09. The lowest BCUT2D eigenvalue weighted by atomic mass is 10.3. The second kappa shape index (κ2) is 8.22. The number of aromatic nitrogens is 2. The first kappa shape index (κ1) is 20.1. The van der Waals surface area contributed by atoms with Gasteiger partial charge in [-0.25, -0.2) is 9.48 Å². The summed E-state index contributed by atoms with van der Waals surface area (Å²) in [5.41, 5.74) is -0.687. The molecule has 0 unspecified atom stereocenters. The highest BCUT2D eigenvalue weighted by atomic mass is 19.4. The lowest BCUT2D eigenvalue weighted by Crippen LogP contribution is -2.11. The molecule has 0 bridgehead atoms. The molecule has 0 aliphatic rings. The van der Waals surface area contributed by atoms with Gasteiger partial charge in [0.2, 0.25) is 5.76 Å². The summed E-state index contributed by atoms with van der Waals surface area (Å²) in [5, 5.41) is 3.46. The zero-order valence-electron chi connectivity index (χ0n) is 12.7. The Labute approximate surface area is 142 Å². The fourth-order valence-corrected chi connectivity index (χ4v) is 1.76. The summed E-state index contributed by atoms with van der Waals surface area (Å²) in [6.07, 6.45) is -2.30. The Bertz CT molecular complexity index is 754. The molecule has 0 amide bonds. The minimum Gasteiger partial charge on any atom is -0.500 e. The third-order valence-electron chi connectivity index (χ3n) is 2.80. The van der Waals surface area contributed by atoms with E-state index in [2.05, 4.69) is 9.84 Å². The maximum atomic E-state index is 12.6. The van der Waals surface area contributed by atoms with Crippen molar-refractivity contribution in [3.05, 3.63) is 54.2 Å². The molecule has 9 heteroatoms. The van der Waals surface area contributed by atoms with Crippen LogP contribution in [0, 0.1) is 0 Å². The highest BCUT2D eigenvalue weighted by molar-refractivity contribution is 5.86. The molecule has 25 heavy (non-hydrogen) atoms. The van der Waals surface area contributed by atoms with E-state index in [-0.39, 0.29) is 18.9 Å². The molecule has 1 aromatic carbocycles. The van der Waals surface area contributed by atoms with Crippen molar-refractivity contribution >= 4 is 5.97 Å². The maximum Gasteiger partial charge on any atom is 0.435 e. The van der Waals surface area contributed by atoms with E-state index < -0.39 is 17.8 Å². The van der Waals surface area contributed by atoms with Gasteiger partial charge in [0.05, 0.1) is 19.9 Å². The second-order valence-corrected chi connectivity index (χ2v) is 4.45. The van der Waals surface area contributed by atoms with Gasteiger partial charge >= 0.3 is 12.1 Å². The molecule has 0 saturated heterocycles. The molecule has 0 N–H and O–H groups in total. The number of halogens is 3. The molecule has 0 radical (unpaired) electrons. The Kier molecular flexibility index (Phi) is 6.60. The monoisotopic (exact) mass is 358 g/mol. The van der Waals surface area contributed by atoms with Crippen molar-refractivity contribution in [2.24, 2.45) is 0 Å². The Hall–Kier alpha value is -2.97. The van der Waals surface area contributed by atoms with Gasteiger partial charge in [-0.3, -0.25) is 0 Å². The normalized spacial score (nSPS) is 11.5. The quantitative estimate of drug-likeness (QED) is 0.465. The molecular weight excluding hydrogens is 341 g/mol. The summed E-state index contributed by atoms with van der Waals surface area (Å²) < 4.78 is 53.5. The van der Waals surface area contributed by atoms with Crippen molar-refractivity contribution < 1.29 is 32.2 Å². The topological polar surface area (TPSA) is 62.6 Å². The average Bonchev–Trinajstić information content (AvgIpc) is 3.04. The van der Waals surface area contributed by atoms with Gasteiger partial charge in [-0.1, -0.05) is 13.5 Å². The molecule has 1 heterocycles. The van der Waals surface area contributed by atoms with Gasteiger partial charge in [0.15, 0.2) is 5.69 Å². The van der Waals surface area contributed by atoms with Crippen LogP contribution in [0.15, 0.2) is 48.5 Å². The number of methoxy groups -OCH3 is 2. The lowest BCUT2D eigenvalue weighted by molar-refractivity contribution is -0.141. The predicted octanol–water partition coefficient (Wildman–Crippen LogP) is 3.57. The summed E-state index contributed by atoms with van der Waals surface area (Å²) >= 11 is 0. The first-order chi connectivity index (χ1) is 11.3. The van der Waals surface area contributed by atoms with Crippen molar-refractivity contribution in [1.82, 2.24) is 9.78 Å². The first-order valence-electron chi connectivity index (χ1n) is 6.57. The zero-order valence-corrected chi connectivity index (χ0v) is 12.7. The highest BCUT2D eigenvalue weighted by Crippen LogP contribution is 2.28. The van der Waals surface area contributed by atoms with Gasteiger partial charge in [-0.15, -0.1) is 0 Å². The van der Waals surface area contributed by atoms with Crippen molar-refractivity contribution in [2.75, 3.05) is 14.2 Å². The number of rotatable bonds is 5. The van der Waals surface area contributed by atoms with Crippen LogP contribution in [0.4, 0.5) is 13.2 Å². The van der Waals surface area contributed by atoms with Crippen LogP contribution in [0.2, 0.25) is 0 Å². The van der Waals surface area contributed by atoms with Crippen molar-refractivity contribution in [1.29, 1.82) is 0 Å². The Morgan fingerprint density at radius 2 is 1.96 bits per heavy atom. The van der Waals surface area contributed by atoms with Crippen LogP contribution in [-0.4, -0.2) is 30.0 Å². The van der Waals surface area contributed by atoms with E-state index in [1.54, 1.807) is 6.07 Å². The van der Waals surface area contributed by atoms with Crippen molar-refractivity contribution in [3.8, 4) is 11.4 Å². The number of hydrogen-bond acceptors (Lipinski definition) is 5. The number of carbonyl (C=O) groups is 1. The van der Waals surface area contributed by atoms with E-state index >= 15 is 0 Å². The molecule has 2 aromatic rings. The van der Waals surface area contributed by atoms with Gasteiger partial charge in [0, 0.05) is 12.3 Å². The second-order valence-electron chi connectivity index (χ2n) is 4.45. The smallest absolute Gasteiger partial charge is 0.435 e. The fourth-order valence-electron chi connectivity index (χ4n) is 1.76. The SMILES string of the molecule is C.CO/C=C(\Oc1cccc(-n2ccc(C(F)(F)F)n2)c1)C(=O)OC. The summed E-state index contributed by atoms with van der Waals surface area (Å²) in [6, 6.07) is 6.88. The molecule has 1 aromatic heterocycles. The molecule has 136 valence electrons. The Balaban J connectivity index is 0.00000312. The molecule has 2 rings (SSSR count). The fraction of sp³-hybridized carbons (Fsp3) is 0.250. The van der Waals surface area contributed by atoms with E-state index in [0.717, 1.165) is 17.0 Å². The summed E-state index contributed by atoms with van der Waals surface area (Å²) in [5.74, 6) is -0.778.